The van der Waals surface area contributed by atoms with Gasteiger partial charge in [0.1, 0.15) is 12.1 Å². The largest absolute Gasteiger partial charge is 0.308 e. The van der Waals surface area contributed by atoms with Crippen LogP contribution in [0.4, 0.5) is 0 Å². The molecule has 8 aromatic rings. The molecule has 1 aliphatic carbocycles. The normalized spacial score (nSPS) is 12.3. The molecule has 0 saturated heterocycles. The van der Waals surface area contributed by atoms with E-state index in [1.807, 2.05) is 0 Å². The number of rotatable bonds is 4. The van der Waals surface area contributed by atoms with Crippen molar-refractivity contribution in [3.8, 4) is 45.8 Å². The Morgan fingerprint density at radius 2 is 0.962 bits per heavy atom. The summed E-state index contributed by atoms with van der Waals surface area (Å²) in [7, 11) is 0. The number of nitrogens with zero attached hydrogens (tertiary/aromatic N) is 4. The molecule has 4 nitrogen and oxygen atoms in total. The van der Waals surface area contributed by atoms with Crippen molar-refractivity contribution in [2.75, 3.05) is 0 Å². The van der Waals surface area contributed by atoms with Crippen LogP contribution >= 0.6 is 0 Å². The van der Waals surface area contributed by atoms with Gasteiger partial charge in [0.15, 0.2) is 0 Å². The van der Waals surface area contributed by atoms with Crippen LogP contribution in [0.25, 0.3) is 72.4 Å². The van der Waals surface area contributed by atoms with Crippen LogP contribution in [-0.4, -0.2) is 9.13 Å². The third kappa shape index (κ3) is 4.65. The zero-order chi connectivity index (χ0) is 35.7. The molecular formula is C48H36N4. The van der Waals surface area contributed by atoms with Gasteiger partial charge in [0.25, 0.3) is 0 Å². The molecular weight excluding hydrogens is 633 g/mol. The number of hydrogen-bond acceptors (Lipinski definition) is 2. The molecule has 2 aromatic heterocycles. The fraction of sp³-hybridized carbons (Fsp3) is 0.125. The van der Waals surface area contributed by atoms with E-state index in [9.17, 15) is 10.5 Å². The van der Waals surface area contributed by atoms with Crippen LogP contribution in [0.3, 0.4) is 0 Å². The highest BCUT2D eigenvalue weighted by atomic mass is 15.0. The molecule has 0 amide bonds. The summed E-state index contributed by atoms with van der Waals surface area (Å²) >= 11 is 0. The van der Waals surface area contributed by atoms with Crippen molar-refractivity contribution in [2.45, 2.75) is 40.5 Å². The smallest absolute Gasteiger partial charge is 0.102 e. The molecule has 0 atom stereocenters. The van der Waals surface area contributed by atoms with Crippen LogP contribution in [0.1, 0.15) is 51.1 Å². The lowest BCUT2D eigenvalue weighted by Gasteiger charge is -2.26. The van der Waals surface area contributed by atoms with Gasteiger partial charge in [-0.25, -0.2) is 0 Å². The molecule has 0 saturated carbocycles. The van der Waals surface area contributed by atoms with Crippen molar-refractivity contribution in [3.63, 3.8) is 0 Å². The molecule has 1 aliphatic rings. The molecule has 0 spiro atoms. The van der Waals surface area contributed by atoms with Gasteiger partial charge >= 0.3 is 0 Å². The molecule has 0 unspecified atom stereocenters. The summed E-state index contributed by atoms with van der Waals surface area (Å²) in [4.78, 5) is 0. The van der Waals surface area contributed by atoms with E-state index in [1.54, 1.807) is 0 Å². The number of para-hydroxylation sites is 3. The number of nitriles is 2. The Balaban J connectivity index is 1.63. The summed E-state index contributed by atoms with van der Waals surface area (Å²) in [6.45, 7) is 8.39. The molecule has 0 N–H and O–H groups in total. The molecule has 2 heterocycles. The lowest BCUT2D eigenvalue weighted by molar-refractivity contribution is 0.966. The van der Waals surface area contributed by atoms with Crippen molar-refractivity contribution in [2.24, 2.45) is 0 Å². The van der Waals surface area contributed by atoms with Crippen molar-refractivity contribution in [3.05, 3.63) is 160 Å². The Bertz CT molecular complexity index is 2820. The number of benzene rings is 6. The molecule has 248 valence electrons. The van der Waals surface area contributed by atoms with Gasteiger partial charge in [-0.1, -0.05) is 119 Å². The number of aryl methyl sites for hydroxylation is 5. The first-order valence-corrected chi connectivity index (χ1v) is 17.9. The molecule has 0 aliphatic heterocycles. The van der Waals surface area contributed by atoms with E-state index in [4.69, 9.17) is 0 Å². The fourth-order valence-corrected chi connectivity index (χ4v) is 8.78. The highest BCUT2D eigenvalue weighted by Crippen LogP contribution is 2.49. The van der Waals surface area contributed by atoms with Crippen LogP contribution in [0, 0.1) is 50.4 Å². The Morgan fingerprint density at radius 3 is 1.48 bits per heavy atom. The van der Waals surface area contributed by atoms with Crippen LogP contribution in [0.5, 0.6) is 0 Å². The number of fused-ring (bicyclic) bond motifs is 6. The van der Waals surface area contributed by atoms with Gasteiger partial charge in [-0.05, 0) is 81.5 Å². The monoisotopic (exact) mass is 668 g/mol. The highest BCUT2D eigenvalue weighted by molar-refractivity contribution is 6.11. The summed E-state index contributed by atoms with van der Waals surface area (Å²) in [6, 6.07) is 43.8. The predicted molar refractivity (Wildman–Crippen MR) is 214 cm³/mol. The zero-order valence-corrected chi connectivity index (χ0v) is 29.8. The van der Waals surface area contributed by atoms with Gasteiger partial charge in [0.2, 0.25) is 0 Å². The quantitative estimate of drug-likeness (QED) is 0.187. The van der Waals surface area contributed by atoms with E-state index >= 15 is 0 Å². The van der Waals surface area contributed by atoms with E-state index in [1.165, 1.54) is 10.9 Å². The minimum atomic E-state index is 0.479. The van der Waals surface area contributed by atoms with E-state index in [0.29, 0.717) is 16.7 Å². The topological polar surface area (TPSA) is 57.4 Å². The molecule has 0 radical (unpaired) electrons. The summed E-state index contributed by atoms with van der Waals surface area (Å²) in [5.41, 5.74) is 15.7. The van der Waals surface area contributed by atoms with Crippen molar-refractivity contribution < 1.29 is 0 Å². The maximum atomic E-state index is 11.5. The molecule has 0 bridgehead atoms. The third-order valence-electron chi connectivity index (χ3n) is 10.6. The average Bonchev–Trinajstić information content (AvgIpc) is 3.65. The van der Waals surface area contributed by atoms with Gasteiger partial charge in [0.05, 0.1) is 39.1 Å². The van der Waals surface area contributed by atoms with E-state index in [-0.39, 0.29) is 0 Å². The van der Waals surface area contributed by atoms with Crippen LogP contribution in [-0.2, 0) is 6.42 Å². The summed E-state index contributed by atoms with van der Waals surface area (Å²) in [5, 5.41) is 26.5. The fourth-order valence-electron chi connectivity index (χ4n) is 8.78. The molecule has 9 rings (SSSR count). The number of aromatic nitrogens is 2. The predicted octanol–water partition coefficient (Wildman–Crippen LogP) is 12.0. The summed E-state index contributed by atoms with van der Waals surface area (Å²) in [6.07, 6.45) is 6.34. The zero-order valence-electron chi connectivity index (χ0n) is 29.8. The first-order valence-electron chi connectivity index (χ1n) is 17.9. The standard InChI is InChI=1S/C48H36N4/c1-29-21-30(2)24-33(23-29)45-39(27-49)47(51-41-17-9-5-13-35(41)36-14-6-10-18-42(36)51)46(34-25-31(3)22-32(4)26-34)48(40(45)28-50)52-43-19-11-7-15-37(43)38-16-8-12-20-44(38)52/h5-7,9-15,17-26H,8,16H2,1-4H3. The molecule has 52 heavy (non-hydrogen) atoms. The Labute approximate surface area is 303 Å². The van der Waals surface area contributed by atoms with Gasteiger partial charge in [0, 0.05) is 33.0 Å². The lowest BCUT2D eigenvalue weighted by atomic mass is 9.85. The maximum absolute atomic E-state index is 11.5. The van der Waals surface area contributed by atoms with E-state index in [0.717, 1.165) is 96.2 Å². The van der Waals surface area contributed by atoms with Gasteiger partial charge in [-0.2, -0.15) is 10.5 Å². The lowest BCUT2D eigenvalue weighted by Crippen LogP contribution is -2.12. The second-order valence-electron chi connectivity index (χ2n) is 14.2. The Kier molecular flexibility index (Phi) is 7.25. The van der Waals surface area contributed by atoms with E-state index in [2.05, 4.69) is 170 Å². The van der Waals surface area contributed by atoms with Crippen molar-refractivity contribution >= 4 is 38.8 Å². The first-order chi connectivity index (χ1) is 25.4. The SMILES string of the molecule is Cc1cc(C)cc(-c2c(C#N)c(-n3c4c(c5ccccc53)CCC=C4)c(-c3cc(C)cc(C)c3)c(-n3c4ccccc4c4ccccc43)c2C#N)c1. The van der Waals surface area contributed by atoms with Gasteiger partial charge in [-0.3, -0.25) is 0 Å². The minimum Gasteiger partial charge on any atom is -0.308 e. The second-order valence-corrected chi connectivity index (χ2v) is 14.2. The van der Waals surface area contributed by atoms with E-state index < -0.39 is 0 Å². The Morgan fingerprint density at radius 1 is 0.519 bits per heavy atom. The first kappa shape index (κ1) is 31.4. The molecule has 6 aromatic carbocycles. The van der Waals surface area contributed by atoms with Crippen molar-refractivity contribution in [1.29, 1.82) is 10.5 Å². The summed E-state index contributed by atoms with van der Waals surface area (Å²) < 4.78 is 4.59. The molecule has 0 fully saturated rings. The average molecular weight is 669 g/mol. The van der Waals surface area contributed by atoms with Crippen LogP contribution in [0.15, 0.2) is 115 Å². The number of allylic oxidation sites excluding steroid dienone is 1. The van der Waals surface area contributed by atoms with Crippen LogP contribution < -0.4 is 0 Å². The van der Waals surface area contributed by atoms with Gasteiger partial charge < -0.3 is 9.13 Å². The molecule has 4 heteroatoms. The number of hydrogen-bond donors (Lipinski definition) is 0. The Hall–Kier alpha value is -6.62. The van der Waals surface area contributed by atoms with Gasteiger partial charge in [-0.15, -0.1) is 0 Å². The summed E-state index contributed by atoms with van der Waals surface area (Å²) in [5.74, 6) is 0. The van der Waals surface area contributed by atoms with Crippen molar-refractivity contribution in [1.82, 2.24) is 9.13 Å². The third-order valence-corrected chi connectivity index (χ3v) is 10.6. The minimum absolute atomic E-state index is 0.479. The maximum Gasteiger partial charge on any atom is 0.102 e. The van der Waals surface area contributed by atoms with Crippen LogP contribution in [0.2, 0.25) is 0 Å². The second kappa shape index (κ2) is 12.0. The highest BCUT2D eigenvalue weighted by Gasteiger charge is 2.32.